The molecule has 7 aromatic rings. The Kier molecular flexibility index (Phi) is 54.5. The molecule has 0 radical (unpaired) electrons. The summed E-state index contributed by atoms with van der Waals surface area (Å²) < 4.78 is 0. The van der Waals surface area contributed by atoms with Crippen molar-refractivity contribution < 1.29 is 0 Å². The second-order valence-electron chi connectivity index (χ2n) is 15.9. The molecule has 5 heterocycles. The Hall–Kier alpha value is -5.69. The van der Waals surface area contributed by atoms with Crippen LogP contribution in [0.1, 0.15) is 241 Å². The summed E-state index contributed by atoms with van der Waals surface area (Å²) in [4.78, 5) is 29.1. The van der Waals surface area contributed by atoms with E-state index in [0.29, 0.717) is 35.5 Å². The molecule has 7 heteroatoms. The molecule has 0 spiro atoms. The van der Waals surface area contributed by atoms with Crippen molar-refractivity contribution in [2.75, 3.05) is 0 Å². The van der Waals surface area contributed by atoms with Gasteiger partial charge in [-0.1, -0.05) is 227 Å². The topological polar surface area (TPSA) is 90.2 Å². The standard InChI is InChI=1S/C12H14N2.C9H12.3C8H11N.C7H10N2.6C2H6/c1-8(2)12-10-6-4-5-7-11(10)13-9(3)14-12;1-8(2)9-6-4-3-5-7-9;1-7(2)8-3-5-9-6-4-8;1-7(2)8-4-3-5-9-6-8;1-7(2)8-5-3-4-6-9-8;1-6(2)7-8-4-3-5-9-7;6*1-2/h4-8H,1-3H3;3-8H,1-2H3;3*3-7H,1-2H3;3-6H,1-2H3;6*1-2H3. The molecule has 0 amide bonds. The lowest BCUT2D eigenvalue weighted by molar-refractivity contribution is 0.774. The van der Waals surface area contributed by atoms with Crippen molar-refractivity contribution in [2.45, 2.75) is 209 Å². The summed E-state index contributed by atoms with van der Waals surface area (Å²) in [7, 11) is 0. The van der Waals surface area contributed by atoms with E-state index in [1.165, 1.54) is 22.1 Å². The van der Waals surface area contributed by atoms with E-state index in [0.717, 1.165) is 28.6 Å². The molecule has 7 nitrogen and oxygen atoms in total. The van der Waals surface area contributed by atoms with E-state index in [1.54, 1.807) is 18.6 Å². The maximum absolute atomic E-state index is 4.49. The second-order valence-corrected chi connectivity index (χ2v) is 15.9. The van der Waals surface area contributed by atoms with Crippen LogP contribution in [0, 0.1) is 6.92 Å². The Bertz CT molecular complexity index is 1820. The van der Waals surface area contributed by atoms with Crippen LogP contribution in [0.4, 0.5) is 0 Å². The number of nitrogens with zero attached hydrogens (tertiary/aromatic N) is 7. The Morgan fingerprint density at radius 3 is 1.13 bits per heavy atom. The maximum Gasteiger partial charge on any atom is 0.130 e. The SMILES string of the molecule is CC.CC.CC.CC.CC.CC.CC(C)c1ccccc1.CC(C)c1ccccn1.CC(C)c1cccnc1.CC(C)c1ccncc1.CC(C)c1ncccn1.Cc1nc(C(C)C)c2ccccc2n1. The highest BCUT2D eigenvalue weighted by Gasteiger charge is 2.08. The predicted molar refractivity (Wildman–Crippen MR) is 318 cm³/mol. The predicted octanol–water partition coefficient (Wildman–Crippen LogP) is 20.2. The smallest absolute Gasteiger partial charge is 0.130 e. The molecule has 5 aromatic heterocycles. The summed E-state index contributed by atoms with van der Waals surface area (Å²) in [6, 6.07) is 34.7. The monoisotopic (exact) mass is 972 g/mol. The van der Waals surface area contributed by atoms with Gasteiger partial charge in [0.1, 0.15) is 11.6 Å². The second kappa shape index (κ2) is 52.1. The molecule has 71 heavy (non-hydrogen) atoms. The molecule has 0 fully saturated rings. The van der Waals surface area contributed by atoms with Gasteiger partial charge in [-0.2, -0.15) is 0 Å². The van der Waals surface area contributed by atoms with Crippen molar-refractivity contribution in [1.82, 2.24) is 34.9 Å². The molecule has 0 aliphatic rings. The van der Waals surface area contributed by atoms with Gasteiger partial charge in [0.15, 0.2) is 0 Å². The Balaban J connectivity index is -0.000000237. The summed E-state index contributed by atoms with van der Waals surface area (Å²) in [5, 5.41) is 1.17. The van der Waals surface area contributed by atoms with Crippen LogP contribution in [0.3, 0.4) is 0 Å². The Morgan fingerprint density at radius 1 is 0.324 bits per heavy atom. The van der Waals surface area contributed by atoms with Crippen molar-refractivity contribution in [3.05, 3.63) is 186 Å². The van der Waals surface area contributed by atoms with Crippen molar-refractivity contribution in [2.24, 2.45) is 0 Å². The molecule has 0 aliphatic carbocycles. The van der Waals surface area contributed by atoms with Gasteiger partial charge in [-0.15, -0.1) is 0 Å². The summed E-state index contributed by atoms with van der Waals surface area (Å²) >= 11 is 0. The van der Waals surface area contributed by atoms with Crippen molar-refractivity contribution in [1.29, 1.82) is 0 Å². The third-order valence-electron chi connectivity index (χ3n) is 8.86. The minimum Gasteiger partial charge on any atom is -0.265 e. The summed E-state index contributed by atoms with van der Waals surface area (Å²) in [5.74, 6) is 5.07. The zero-order chi connectivity index (χ0) is 55.6. The molecular weight excluding hydrogens is 867 g/mol. The van der Waals surface area contributed by atoms with Gasteiger partial charge in [-0.05, 0) is 95.7 Å². The van der Waals surface area contributed by atoms with Crippen LogP contribution in [0.15, 0.2) is 147 Å². The van der Waals surface area contributed by atoms with E-state index in [1.807, 2.05) is 182 Å². The molecule has 0 unspecified atom stereocenters. The fourth-order valence-corrected chi connectivity index (χ4v) is 5.29. The number of hydrogen-bond donors (Lipinski definition) is 0. The van der Waals surface area contributed by atoms with E-state index in [4.69, 9.17) is 0 Å². The van der Waals surface area contributed by atoms with E-state index >= 15 is 0 Å². The lowest BCUT2D eigenvalue weighted by atomic mass is 10.0. The van der Waals surface area contributed by atoms with E-state index in [-0.39, 0.29) is 0 Å². The third-order valence-corrected chi connectivity index (χ3v) is 8.86. The highest BCUT2D eigenvalue weighted by molar-refractivity contribution is 5.81. The first kappa shape index (κ1) is 74.3. The number of pyridine rings is 3. The minimum absolute atomic E-state index is 0.436. The first-order valence-corrected chi connectivity index (χ1v) is 27.0. The van der Waals surface area contributed by atoms with Crippen LogP contribution in [0.2, 0.25) is 0 Å². The van der Waals surface area contributed by atoms with Gasteiger partial charge in [0.05, 0.1) is 11.2 Å². The largest absolute Gasteiger partial charge is 0.265 e. The molecule has 2 aromatic carbocycles. The zero-order valence-electron chi connectivity index (χ0n) is 50.0. The molecule has 0 saturated heterocycles. The van der Waals surface area contributed by atoms with Gasteiger partial charge in [-0.25, -0.2) is 19.9 Å². The maximum atomic E-state index is 4.49. The van der Waals surface area contributed by atoms with E-state index in [9.17, 15) is 0 Å². The van der Waals surface area contributed by atoms with Crippen LogP contribution in [0.5, 0.6) is 0 Å². The molecular formula is C64H105N7. The van der Waals surface area contributed by atoms with Gasteiger partial charge in [0.2, 0.25) is 0 Å². The highest BCUT2D eigenvalue weighted by atomic mass is 14.9. The number of hydrogen-bond acceptors (Lipinski definition) is 7. The van der Waals surface area contributed by atoms with Gasteiger partial charge in [0.25, 0.3) is 0 Å². The number of rotatable bonds is 6. The van der Waals surface area contributed by atoms with Gasteiger partial charge in [0, 0.05) is 60.4 Å². The summed E-state index contributed by atoms with van der Waals surface area (Å²) in [6.45, 7) is 51.8. The Morgan fingerprint density at radius 2 is 0.775 bits per heavy atom. The average molecular weight is 973 g/mol. The van der Waals surface area contributed by atoms with Crippen LogP contribution in [-0.4, -0.2) is 34.9 Å². The first-order valence-electron chi connectivity index (χ1n) is 27.0. The summed E-state index contributed by atoms with van der Waals surface area (Å²) in [5.41, 5.74) is 7.43. The zero-order valence-corrected chi connectivity index (χ0v) is 50.0. The molecule has 7 rings (SSSR count). The van der Waals surface area contributed by atoms with Crippen molar-refractivity contribution in [3.8, 4) is 0 Å². The summed E-state index contributed by atoms with van der Waals surface area (Å²) in [6.07, 6.45) is 12.7. The molecule has 0 bridgehead atoms. The third kappa shape index (κ3) is 37.8. The van der Waals surface area contributed by atoms with Crippen molar-refractivity contribution in [3.63, 3.8) is 0 Å². The van der Waals surface area contributed by atoms with Crippen LogP contribution in [-0.2, 0) is 0 Å². The number of benzene rings is 2. The lowest BCUT2D eigenvalue weighted by Crippen LogP contribution is -1.99. The highest BCUT2D eigenvalue weighted by Crippen LogP contribution is 2.22. The van der Waals surface area contributed by atoms with E-state index < -0.39 is 0 Å². The molecule has 0 atom stereocenters. The van der Waals surface area contributed by atoms with Gasteiger partial charge in [-0.3, -0.25) is 15.0 Å². The number of aryl methyl sites for hydroxylation is 1. The van der Waals surface area contributed by atoms with Gasteiger partial charge >= 0.3 is 0 Å². The average Bonchev–Trinajstić information content (AvgIpc) is 3.44. The molecule has 0 N–H and O–H groups in total. The van der Waals surface area contributed by atoms with Crippen molar-refractivity contribution >= 4 is 10.9 Å². The minimum atomic E-state index is 0.436. The quantitative estimate of drug-likeness (QED) is 0.164. The number of aromatic nitrogens is 7. The van der Waals surface area contributed by atoms with E-state index in [2.05, 4.69) is 154 Å². The van der Waals surface area contributed by atoms with Crippen LogP contribution in [0.25, 0.3) is 10.9 Å². The fraction of sp³-hybridized carbons (Fsp3) is 0.484. The Labute approximate surface area is 438 Å². The van der Waals surface area contributed by atoms with Gasteiger partial charge < -0.3 is 0 Å². The van der Waals surface area contributed by atoms with Crippen LogP contribution < -0.4 is 0 Å². The number of para-hydroxylation sites is 1. The normalized spacial score (nSPS) is 9.11. The fourth-order valence-electron chi connectivity index (χ4n) is 5.29. The lowest BCUT2D eigenvalue weighted by Gasteiger charge is -2.09. The molecule has 396 valence electrons. The van der Waals surface area contributed by atoms with Crippen LogP contribution >= 0.6 is 0 Å². The molecule has 0 aliphatic heterocycles. The molecule has 0 saturated carbocycles. The number of fused-ring (bicyclic) bond motifs is 1. The first-order chi connectivity index (χ1) is 34.2.